The molecule has 1 aromatic heterocycles. The number of hydrogen-bond acceptors (Lipinski definition) is 5. The van der Waals surface area contributed by atoms with Gasteiger partial charge in [-0.25, -0.2) is 0 Å². The molecule has 1 atom stereocenters. The lowest BCUT2D eigenvalue weighted by Crippen LogP contribution is -2.40. The van der Waals surface area contributed by atoms with Crippen molar-refractivity contribution in [3.63, 3.8) is 0 Å². The molecule has 1 heterocycles. The van der Waals surface area contributed by atoms with Gasteiger partial charge in [-0.2, -0.15) is 0 Å². The maximum absolute atomic E-state index is 11.9. The van der Waals surface area contributed by atoms with Gasteiger partial charge in [0, 0.05) is 18.7 Å². The van der Waals surface area contributed by atoms with Crippen molar-refractivity contribution in [1.29, 1.82) is 0 Å². The Bertz CT molecular complexity index is 431. The first-order chi connectivity index (χ1) is 8.43. The maximum Gasteiger partial charge on any atom is 0.324 e. The molecule has 0 aromatic carbocycles. The molecule has 1 rings (SSSR count). The highest BCUT2D eigenvalue weighted by molar-refractivity contribution is 7.17. The molecule has 0 aliphatic carbocycles. The lowest BCUT2D eigenvalue weighted by atomic mass is 10.0. The number of nitrogens with zero attached hydrogens (tertiary/aromatic N) is 1. The zero-order valence-electron chi connectivity index (χ0n) is 10.4. The van der Waals surface area contributed by atoms with Crippen molar-refractivity contribution in [2.24, 2.45) is 11.7 Å². The Kier molecular flexibility index (Phi) is 5.24. The average Bonchev–Trinajstić information content (AvgIpc) is 2.76. The molecule has 0 radical (unpaired) electrons. The smallest absolute Gasteiger partial charge is 0.324 e. The molecule has 7 heteroatoms. The lowest BCUT2D eigenvalue weighted by molar-refractivity contribution is -0.380. The van der Waals surface area contributed by atoms with Gasteiger partial charge in [0.15, 0.2) is 0 Å². The number of rotatable bonds is 6. The number of nitro groups is 1. The quantitative estimate of drug-likeness (QED) is 0.608. The fourth-order valence-corrected chi connectivity index (χ4v) is 2.31. The summed E-state index contributed by atoms with van der Waals surface area (Å²) in [7, 11) is 0. The SMILES string of the molecule is CC(C)CC(CN)NC(=O)c1ccc([N+](=O)[O-])s1. The zero-order chi connectivity index (χ0) is 13.7. The summed E-state index contributed by atoms with van der Waals surface area (Å²) in [6.07, 6.45) is 0.787. The molecule has 0 saturated carbocycles. The summed E-state index contributed by atoms with van der Waals surface area (Å²) in [5, 5.41) is 13.3. The molecule has 0 aliphatic heterocycles. The van der Waals surface area contributed by atoms with Crippen LogP contribution in [-0.4, -0.2) is 23.4 Å². The van der Waals surface area contributed by atoms with E-state index >= 15 is 0 Å². The predicted octanol–water partition coefficient (Wildman–Crippen LogP) is 1.76. The second-order valence-electron chi connectivity index (χ2n) is 4.43. The van der Waals surface area contributed by atoms with E-state index < -0.39 is 4.92 Å². The molecule has 0 bridgehead atoms. The van der Waals surface area contributed by atoms with Crippen molar-refractivity contribution < 1.29 is 9.72 Å². The van der Waals surface area contributed by atoms with Gasteiger partial charge in [0.2, 0.25) is 0 Å². The molecular weight excluding hydrogens is 254 g/mol. The molecule has 1 amide bonds. The molecule has 100 valence electrons. The third-order valence-corrected chi connectivity index (χ3v) is 3.41. The number of nitrogens with two attached hydrogens (primary N) is 1. The van der Waals surface area contributed by atoms with Crippen LogP contribution in [0.3, 0.4) is 0 Å². The van der Waals surface area contributed by atoms with E-state index in [1.807, 2.05) is 13.8 Å². The highest BCUT2D eigenvalue weighted by atomic mass is 32.1. The predicted molar refractivity (Wildman–Crippen MR) is 70.7 cm³/mol. The Balaban J connectivity index is 2.65. The first kappa shape index (κ1) is 14.6. The van der Waals surface area contributed by atoms with Gasteiger partial charge < -0.3 is 11.1 Å². The minimum absolute atomic E-state index is 0.0340. The molecule has 1 unspecified atom stereocenters. The van der Waals surface area contributed by atoms with Crippen LogP contribution in [0.1, 0.15) is 29.9 Å². The fraction of sp³-hybridized carbons (Fsp3) is 0.545. The van der Waals surface area contributed by atoms with E-state index in [4.69, 9.17) is 5.73 Å². The van der Waals surface area contributed by atoms with E-state index in [-0.39, 0.29) is 17.0 Å². The van der Waals surface area contributed by atoms with Crippen molar-refractivity contribution >= 4 is 22.2 Å². The van der Waals surface area contributed by atoms with Gasteiger partial charge in [-0.15, -0.1) is 0 Å². The maximum atomic E-state index is 11.9. The van der Waals surface area contributed by atoms with Gasteiger partial charge in [-0.3, -0.25) is 14.9 Å². The van der Waals surface area contributed by atoms with Crippen LogP contribution in [0.5, 0.6) is 0 Å². The van der Waals surface area contributed by atoms with Gasteiger partial charge in [0.05, 0.1) is 9.80 Å². The largest absolute Gasteiger partial charge is 0.347 e. The van der Waals surface area contributed by atoms with Crippen LogP contribution in [0.4, 0.5) is 5.00 Å². The van der Waals surface area contributed by atoms with E-state index in [2.05, 4.69) is 5.32 Å². The van der Waals surface area contributed by atoms with Crippen molar-refractivity contribution in [2.75, 3.05) is 6.54 Å². The minimum atomic E-state index is -0.504. The van der Waals surface area contributed by atoms with Gasteiger partial charge in [0.1, 0.15) is 0 Å². The standard InChI is InChI=1S/C11H17N3O3S/c1-7(2)5-8(6-12)13-11(15)9-3-4-10(18-9)14(16)17/h3-4,7-8H,5-6,12H2,1-2H3,(H,13,15). The number of hydrogen-bond donors (Lipinski definition) is 2. The van der Waals surface area contributed by atoms with Gasteiger partial charge in [0.25, 0.3) is 5.91 Å². The number of carbonyl (C=O) groups excluding carboxylic acids is 1. The van der Waals surface area contributed by atoms with E-state index in [1.54, 1.807) is 0 Å². The second kappa shape index (κ2) is 6.46. The van der Waals surface area contributed by atoms with Crippen LogP contribution in [0.25, 0.3) is 0 Å². The summed E-state index contributed by atoms with van der Waals surface area (Å²) >= 11 is 0.869. The summed E-state index contributed by atoms with van der Waals surface area (Å²) in [6.45, 7) is 4.45. The van der Waals surface area contributed by atoms with Crippen LogP contribution in [0, 0.1) is 16.0 Å². The Hall–Kier alpha value is -1.47. The van der Waals surface area contributed by atoms with Crippen LogP contribution < -0.4 is 11.1 Å². The van der Waals surface area contributed by atoms with Crippen LogP contribution in [0.2, 0.25) is 0 Å². The van der Waals surface area contributed by atoms with E-state index in [1.165, 1.54) is 12.1 Å². The van der Waals surface area contributed by atoms with Crippen molar-refractivity contribution in [3.8, 4) is 0 Å². The lowest BCUT2D eigenvalue weighted by Gasteiger charge is -2.18. The second-order valence-corrected chi connectivity index (χ2v) is 5.49. The molecule has 6 nitrogen and oxygen atoms in total. The Morgan fingerprint density at radius 3 is 2.67 bits per heavy atom. The monoisotopic (exact) mass is 271 g/mol. The topological polar surface area (TPSA) is 98.3 Å². The molecule has 1 aromatic rings. The highest BCUT2D eigenvalue weighted by Gasteiger charge is 2.18. The average molecular weight is 271 g/mol. The Labute approximate surface area is 109 Å². The normalized spacial score (nSPS) is 12.4. The molecule has 18 heavy (non-hydrogen) atoms. The Morgan fingerprint density at radius 1 is 1.56 bits per heavy atom. The molecule has 0 saturated heterocycles. The van der Waals surface area contributed by atoms with E-state index in [0.29, 0.717) is 17.3 Å². The third kappa shape index (κ3) is 4.08. The van der Waals surface area contributed by atoms with Gasteiger partial charge in [-0.1, -0.05) is 25.2 Å². The molecule has 0 aliphatic rings. The third-order valence-electron chi connectivity index (χ3n) is 2.37. The first-order valence-electron chi connectivity index (χ1n) is 5.69. The van der Waals surface area contributed by atoms with E-state index in [0.717, 1.165) is 17.8 Å². The van der Waals surface area contributed by atoms with Gasteiger partial charge >= 0.3 is 5.00 Å². The number of nitrogens with one attached hydrogen (secondary N) is 1. The van der Waals surface area contributed by atoms with Crippen LogP contribution in [0.15, 0.2) is 12.1 Å². The summed E-state index contributed by atoms with van der Waals surface area (Å²) in [4.78, 5) is 22.2. The zero-order valence-corrected chi connectivity index (χ0v) is 11.2. The summed E-state index contributed by atoms with van der Waals surface area (Å²) < 4.78 is 0. The summed E-state index contributed by atoms with van der Waals surface area (Å²) in [5.74, 6) is 0.126. The summed E-state index contributed by atoms with van der Waals surface area (Å²) in [6, 6.07) is 2.69. The fourth-order valence-electron chi connectivity index (χ4n) is 1.59. The minimum Gasteiger partial charge on any atom is -0.347 e. The molecule has 3 N–H and O–H groups in total. The number of thiophene rings is 1. The highest BCUT2D eigenvalue weighted by Crippen LogP contribution is 2.23. The summed E-state index contributed by atoms with van der Waals surface area (Å²) in [5.41, 5.74) is 5.58. The number of carbonyl (C=O) groups is 1. The first-order valence-corrected chi connectivity index (χ1v) is 6.50. The van der Waals surface area contributed by atoms with Gasteiger partial charge in [-0.05, 0) is 18.4 Å². The molecular formula is C11H17N3O3S. The van der Waals surface area contributed by atoms with E-state index in [9.17, 15) is 14.9 Å². The van der Waals surface area contributed by atoms with Crippen LogP contribution >= 0.6 is 11.3 Å². The van der Waals surface area contributed by atoms with Crippen molar-refractivity contribution in [2.45, 2.75) is 26.3 Å². The molecule has 0 spiro atoms. The van der Waals surface area contributed by atoms with Crippen LogP contribution in [-0.2, 0) is 0 Å². The Morgan fingerprint density at radius 2 is 2.22 bits per heavy atom. The van der Waals surface area contributed by atoms with Crippen molar-refractivity contribution in [3.05, 3.63) is 27.1 Å². The molecule has 0 fully saturated rings. The van der Waals surface area contributed by atoms with Crippen molar-refractivity contribution in [1.82, 2.24) is 5.32 Å². The number of amides is 1.